The first-order valence-electron chi connectivity index (χ1n) is 8.37. The van der Waals surface area contributed by atoms with Crippen molar-refractivity contribution < 1.29 is 4.79 Å². The maximum atomic E-state index is 13.0. The molecule has 2 aromatic rings. The van der Waals surface area contributed by atoms with Gasteiger partial charge in [0.05, 0.1) is 5.69 Å². The van der Waals surface area contributed by atoms with Gasteiger partial charge in [-0.3, -0.25) is 9.69 Å². The number of hydrogen-bond acceptors (Lipinski definition) is 6. The number of nitrogens with two attached hydrogens (primary N) is 1. The molecule has 0 spiro atoms. The fourth-order valence-electron chi connectivity index (χ4n) is 3.75. The van der Waals surface area contributed by atoms with Gasteiger partial charge in [-0.25, -0.2) is 9.97 Å². The van der Waals surface area contributed by atoms with Crippen molar-refractivity contribution in [1.29, 1.82) is 5.26 Å². The summed E-state index contributed by atoms with van der Waals surface area (Å²) < 4.78 is 0. The van der Waals surface area contributed by atoms with Crippen LogP contribution in [0.1, 0.15) is 18.4 Å². The lowest BCUT2D eigenvalue weighted by Crippen LogP contribution is -2.43. The van der Waals surface area contributed by atoms with Gasteiger partial charge in [0.2, 0.25) is 11.9 Å². The number of carbonyl (C=O) groups excluding carboxylic acids is 1. The maximum absolute atomic E-state index is 13.0. The molecule has 2 N–H and O–H groups in total. The van der Waals surface area contributed by atoms with Crippen LogP contribution in [0.5, 0.6) is 0 Å². The third-order valence-electron chi connectivity index (χ3n) is 4.91. The number of nitriles is 1. The molecular formula is C18H18N6O. The van der Waals surface area contributed by atoms with Gasteiger partial charge in [-0.2, -0.15) is 5.26 Å². The van der Waals surface area contributed by atoms with Crippen LogP contribution in [0.25, 0.3) is 11.3 Å². The normalized spacial score (nSPS) is 18.9. The van der Waals surface area contributed by atoms with Gasteiger partial charge in [0, 0.05) is 30.5 Å². The molecule has 1 atom stereocenters. The molecule has 1 aromatic heterocycles. The van der Waals surface area contributed by atoms with Crippen LogP contribution >= 0.6 is 0 Å². The van der Waals surface area contributed by atoms with Crippen LogP contribution in [0, 0.1) is 11.5 Å². The minimum Gasteiger partial charge on any atom is -0.368 e. The number of amides is 1. The highest BCUT2D eigenvalue weighted by Gasteiger charge is 2.36. The molecule has 25 heavy (non-hydrogen) atoms. The molecule has 7 nitrogen and oxygen atoms in total. The highest BCUT2D eigenvalue weighted by Crippen LogP contribution is 2.36. The number of fused-ring (bicyclic) bond motifs is 1. The zero-order valence-corrected chi connectivity index (χ0v) is 13.7. The van der Waals surface area contributed by atoms with Gasteiger partial charge in [0.1, 0.15) is 6.04 Å². The van der Waals surface area contributed by atoms with Gasteiger partial charge < -0.3 is 10.6 Å². The zero-order chi connectivity index (χ0) is 17.4. The molecule has 1 amide bonds. The molecule has 7 heteroatoms. The Balaban J connectivity index is 1.69. The van der Waals surface area contributed by atoms with Crippen molar-refractivity contribution in [2.45, 2.75) is 25.3 Å². The molecule has 4 rings (SSSR count). The lowest BCUT2D eigenvalue weighted by atomic mass is 10.0. The van der Waals surface area contributed by atoms with Gasteiger partial charge >= 0.3 is 0 Å². The number of anilines is 2. The van der Waals surface area contributed by atoms with Gasteiger partial charge in [0.15, 0.2) is 6.19 Å². The third-order valence-corrected chi connectivity index (χ3v) is 4.91. The number of carbonyl (C=O) groups is 1. The van der Waals surface area contributed by atoms with E-state index in [1.54, 1.807) is 11.1 Å². The first-order valence-corrected chi connectivity index (χ1v) is 8.37. The second kappa shape index (κ2) is 6.06. The number of nitrogens with zero attached hydrogens (tertiary/aromatic N) is 5. The van der Waals surface area contributed by atoms with Crippen molar-refractivity contribution in [3.8, 4) is 17.5 Å². The van der Waals surface area contributed by atoms with Crippen molar-refractivity contribution in [3.05, 3.63) is 36.0 Å². The summed E-state index contributed by atoms with van der Waals surface area (Å²) in [7, 11) is 0. The molecule has 1 aromatic carbocycles. The number of benzene rings is 1. The van der Waals surface area contributed by atoms with Crippen LogP contribution in [0.4, 0.5) is 11.6 Å². The quantitative estimate of drug-likeness (QED) is 0.837. The molecular weight excluding hydrogens is 316 g/mol. The van der Waals surface area contributed by atoms with E-state index in [-0.39, 0.29) is 17.9 Å². The van der Waals surface area contributed by atoms with Gasteiger partial charge in [-0.15, -0.1) is 0 Å². The Kier molecular flexibility index (Phi) is 3.73. The number of nitrogen functional groups attached to an aromatic ring is 1. The largest absolute Gasteiger partial charge is 0.368 e. The van der Waals surface area contributed by atoms with E-state index in [1.165, 1.54) is 0 Å². The second-order valence-corrected chi connectivity index (χ2v) is 6.29. The summed E-state index contributed by atoms with van der Waals surface area (Å²) >= 11 is 0. The average Bonchev–Trinajstić information content (AvgIpc) is 3.27. The fraction of sp³-hybridized carbons (Fsp3) is 0.333. The summed E-state index contributed by atoms with van der Waals surface area (Å²) in [5.74, 6) is 0.244. The molecule has 0 bridgehead atoms. The molecule has 3 heterocycles. The molecule has 1 fully saturated rings. The van der Waals surface area contributed by atoms with E-state index in [9.17, 15) is 10.1 Å². The number of likely N-dealkylation sites (tertiary alicyclic amines) is 1. The lowest BCUT2D eigenvalue weighted by Gasteiger charge is -2.25. The van der Waals surface area contributed by atoms with E-state index in [0.717, 1.165) is 41.8 Å². The summed E-state index contributed by atoms with van der Waals surface area (Å²) in [6.07, 6.45) is 6.16. The van der Waals surface area contributed by atoms with Crippen LogP contribution in [0.2, 0.25) is 0 Å². The Labute approximate surface area is 145 Å². The first-order chi connectivity index (χ1) is 12.2. The molecule has 0 aliphatic carbocycles. The van der Waals surface area contributed by atoms with Gasteiger partial charge in [0.25, 0.3) is 0 Å². The molecule has 0 saturated carbocycles. The van der Waals surface area contributed by atoms with E-state index in [4.69, 9.17) is 5.73 Å². The third kappa shape index (κ3) is 2.56. The highest BCUT2D eigenvalue weighted by molar-refractivity contribution is 6.00. The Morgan fingerprint density at radius 2 is 2.20 bits per heavy atom. The minimum atomic E-state index is -0.339. The molecule has 1 saturated heterocycles. The second-order valence-electron chi connectivity index (χ2n) is 6.29. The summed E-state index contributed by atoms with van der Waals surface area (Å²) in [6, 6.07) is 7.36. The summed E-state index contributed by atoms with van der Waals surface area (Å²) in [5, 5.41) is 9.22. The Bertz CT molecular complexity index is 874. The summed E-state index contributed by atoms with van der Waals surface area (Å²) in [6.45, 7) is 1.29. The standard InChI is InChI=1S/C18H18N6O/c19-11-23-9-2-5-16(23)17(25)24-10-7-13-12(3-1-4-15(13)24)14-6-8-21-18(20)22-14/h1,3-4,6,8,16H,2,5,7,9-10H2,(H2,20,21,22). The van der Waals surface area contributed by atoms with E-state index in [0.29, 0.717) is 13.1 Å². The first kappa shape index (κ1) is 15.4. The van der Waals surface area contributed by atoms with Crippen molar-refractivity contribution in [2.24, 2.45) is 0 Å². The zero-order valence-electron chi connectivity index (χ0n) is 13.7. The SMILES string of the molecule is N#CN1CCCC1C(=O)N1CCc2c(-c3ccnc(N)n3)cccc21. The monoisotopic (exact) mass is 334 g/mol. The van der Waals surface area contributed by atoms with Crippen molar-refractivity contribution in [3.63, 3.8) is 0 Å². The molecule has 126 valence electrons. The number of aromatic nitrogens is 2. The smallest absolute Gasteiger partial charge is 0.250 e. The van der Waals surface area contributed by atoms with E-state index < -0.39 is 0 Å². The van der Waals surface area contributed by atoms with E-state index >= 15 is 0 Å². The number of rotatable bonds is 2. The lowest BCUT2D eigenvalue weighted by molar-refractivity contribution is -0.121. The van der Waals surface area contributed by atoms with Gasteiger partial charge in [-0.1, -0.05) is 12.1 Å². The van der Waals surface area contributed by atoms with Crippen LogP contribution < -0.4 is 10.6 Å². The van der Waals surface area contributed by atoms with Crippen molar-refractivity contribution in [2.75, 3.05) is 23.7 Å². The average molecular weight is 334 g/mol. The predicted molar refractivity (Wildman–Crippen MR) is 93.3 cm³/mol. The van der Waals surface area contributed by atoms with Crippen molar-refractivity contribution in [1.82, 2.24) is 14.9 Å². The van der Waals surface area contributed by atoms with Crippen LogP contribution in [-0.4, -0.2) is 39.9 Å². The molecule has 2 aliphatic rings. The molecule has 2 aliphatic heterocycles. The predicted octanol–water partition coefficient (Wildman–Crippen LogP) is 1.56. The Morgan fingerprint density at radius 1 is 1.32 bits per heavy atom. The van der Waals surface area contributed by atoms with Crippen LogP contribution in [0.15, 0.2) is 30.5 Å². The minimum absolute atomic E-state index is 0.0113. The van der Waals surface area contributed by atoms with Gasteiger partial charge in [-0.05, 0) is 37.0 Å². The van der Waals surface area contributed by atoms with Crippen LogP contribution in [0.3, 0.4) is 0 Å². The molecule has 0 radical (unpaired) electrons. The van der Waals surface area contributed by atoms with Crippen LogP contribution in [-0.2, 0) is 11.2 Å². The maximum Gasteiger partial charge on any atom is 0.250 e. The highest BCUT2D eigenvalue weighted by atomic mass is 16.2. The summed E-state index contributed by atoms with van der Waals surface area (Å²) in [4.78, 5) is 24.6. The van der Waals surface area contributed by atoms with E-state index in [1.807, 2.05) is 29.2 Å². The van der Waals surface area contributed by atoms with Crippen molar-refractivity contribution >= 4 is 17.5 Å². The molecule has 1 unspecified atom stereocenters. The topological polar surface area (TPSA) is 99.1 Å². The Morgan fingerprint density at radius 3 is 3.00 bits per heavy atom. The summed E-state index contributed by atoms with van der Waals surface area (Å²) in [5.41, 5.74) is 9.45. The van der Waals surface area contributed by atoms with E-state index in [2.05, 4.69) is 16.2 Å². The fourth-order valence-corrected chi connectivity index (χ4v) is 3.75. The number of hydrogen-bond donors (Lipinski definition) is 1. The Hall–Kier alpha value is -3.14.